The molecular weight excluding hydrogens is 318 g/mol. The van der Waals surface area contributed by atoms with Crippen molar-refractivity contribution in [1.29, 1.82) is 0 Å². The number of rotatable bonds is 4. The second-order valence-corrected chi connectivity index (χ2v) is 6.61. The van der Waals surface area contributed by atoms with Gasteiger partial charge in [-0.25, -0.2) is 4.79 Å². The molecule has 0 bridgehead atoms. The molecule has 2 fully saturated rings. The zero-order valence-corrected chi connectivity index (χ0v) is 13.0. The van der Waals surface area contributed by atoms with Gasteiger partial charge < -0.3 is 4.74 Å². The minimum Gasteiger partial charge on any atom is -0.489 e. The maximum atomic E-state index is 10.8. The number of hydrogen-bond acceptors (Lipinski definition) is 3. The first-order valence-corrected chi connectivity index (χ1v) is 8.08. The summed E-state index contributed by atoms with van der Waals surface area (Å²) >= 11 is 3.59. The van der Waals surface area contributed by atoms with E-state index in [0.717, 1.165) is 54.3 Å². The summed E-state index contributed by atoms with van der Waals surface area (Å²) in [5.74, 6) is 0.890. The van der Waals surface area contributed by atoms with Gasteiger partial charge in [0, 0.05) is 0 Å². The Morgan fingerprint density at radius 3 is 2.55 bits per heavy atom. The lowest BCUT2D eigenvalue weighted by Gasteiger charge is -2.28. The second kappa shape index (κ2) is 5.71. The molecule has 2 aliphatic carbocycles. The van der Waals surface area contributed by atoms with Crippen LogP contribution in [0.2, 0.25) is 0 Å². The third kappa shape index (κ3) is 2.55. The molecule has 1 aromatic carbocycles. The fraction of sp³-hybridized carbons (Fsp3) is 0.562. The molecule has 0 atom stereocenters. The van der Waals surface area contributed by atoms with Crippen molar-refractivity contribution in [2.24, 2.45) is 4.99 Å². The zero-order chi connectivity index (χ0) is 14.0. The third-order valence-electron chi connectivity index (χ3n) is 4.51. The molecular formula is C16H18BrNO2. The summed E-state index contributed by atoms with van der Waals surface area (Å²) in [6.07, 6.45) is 9.77. The molecule has 2 aliphatic rings. The number of ether oxygens (including phenoxy) is 1. The highest BCUT2D eigenvalue weighted by atomic mass is 79.9. The van der Waals surface area contributed by atoms with Gasteiger partial charge in [-0.2, -0.15) is 4.99 Å². The van der Waals surface area contributed by atoms with Crippen LogP contribution >= 0.6 is 15.9 Å². The lowest BCUT2D eigenvalue weighted by atomic mass is 9.89. The van der Waals surface area contributed by atoms with E-state index in [4.69, 9.17) is 4.74 Å². The highest BCUT2D eigenvalue weighted by molar-refractivity contribution is 9.10. The van der Waals surface area contributed by atoms with Gasteiger partial charge in [-0.1, -0.05) is 18.9 Å². The zero-order valence-electron chi connectivity index (χ0n) is 11.4. The summed E-state index contributed by atoms with van der Waals surface area (Å²) in [7, 11) is 0. The number of benzene rings is 1. The van der Waals surface area contributed by atoms with Crippen LogP contribution in [0, 0.1) is 0 Å². The average molecular weight is 336 g/mol. The SMILES string of the molecule is O=C=NC1(c2ccc(OC3CCC3)c(Br)c2)CCCC1. The van der Waals surface area contributed by atoms with Gasteiger partial charge in [-0.05, 0) is 65.7 Å². The van der Waals surface area contributed by atoms with Gasteiger partial charge in [0.15, 0.2) is 0 Å². The monoisotopic (exact) mass is 335 g/mol. The summed E-state index contributed by atoms with van der Waals surface area (Å²) in [4.78, 5) is 14.9. The number of hydrogen-bond donors (Lipinski definition) is 0. The first kappa shape index (κ1) is 13.8. The number of nitrogens with zero attached hydrogens (tertiary/aromatic N) is 1. The minimum absolute atomic E-state index is 0.362. The second-order valence-electron chi connectivity index (χ2n) is 5.76. The Bertz CT molecular complexity index is 541. The highest BCUT2D eigenvalue weighted by Gasteiger charge is 2.36. The Kier molecular flexibility index (Phi) is 3.95. The summed E-state index contributed by atoms with van der Waals surface area (Å²) in [5.41, 5.74) is 0.727. The Labute approximate surface area is 127 Å². The van der Waals surface area contributed by atoms with Crippen LogP contribution in [0.15, 0.2) is 27.7 Å². The summed E-state index contributed by atoms with van der Waals surface area (Å²) in [6.45, 7) is 0. The van der Waals surface area contributed by atoms with Gasteiger partial charge in [0.2, 0.25) is 6.08 Å². The number of aliphatic imine (C=N–C) groups is 1. The van der Waals surface area contributed by atoms with Crippen LogP contribution in [0.1, 0.15) is 50.5 Å². The van der Waals surface area contributed by atoms with Crippen LogP contribution in [0.4, 0.5) is 0 Å². The fourth-order valence-corrected chi connectivity index (χ4v) is 3.54. The van der Waals surface area contributed by atoms with E-state index < -0.39 is 0 Å². The van der Waals surface area contributed by atoms with Crippen LogP contribution in [0.5, 0.6) is 5.75 Å². The van der Waals surface area contributed by atoms with Gasteiger partial charge in [0.05, 0.1) is 16.1 Å². The van der Waals surface area contributed by atoms with Gasteiger partial charge in [0.1, 0.15) is 5.75 Å². The maximum absolute atomic E-state index is 10.8. The van der Waals surface area contributed by atoms with Crippen LogP contribution < -0.4 is 4.74 Å². The molecule has 3 nitrogen and oxygen atoms in total. The van der Waals surface area contributed by atoms with Gasteiger partial charge in [-0.3, -0.25) is 0 Å². The number of carbonyl (C=O) groups excluding carboxylic acids is 1. The molecule has 0 heterocycles. The van der Waals surface area contributed by atoms with Crippen molar-refractivity contribution in [2.45, 2.75) is 56.6 Å². The summed E-state index contributed by atoms with van der Waals surface area (Å²) in [5, 5.41) is 0. The lowest BCUT2D eigenvalue weighted by Crippen LogP contribution is -2.25. The molecule has 2 saturated carbocycles. The standard InChI is InChI=1S/C16H18BrNO2/c17-14-10-12(16(18-11-19)8-1-2-9-16)6-7-15(14)20-13-4-3-5-13/h6-7,10,13H,1-5,8-9H2. The molecule has 0 amide bonds. The largest absolute Gasteiger partial charge is 0.489 e. The van der Waals surface area contributed by atoms with E-state index in [9.17, 15) is 4.79 Å². The topological polar surface area (TPSA) is 38.7 Å². The fourth-order valence-electron chi connectivity index (χ4n) is 3.07. The lowest BCUT2D eigenvalue weighted by molar-refractivity contribution is 0.119. The molecule has 20 heavy (non-hydrogen) atoms. The Morgan fingerprint density at radius 2 is 2.00 bits per heavy atom. The Balaban J connectivity index is 1.86. The van der Waals surface area contributed by atoms with E-state index in [1.54, 1.807) is 6.08 Å². The molecule has 0 unspecified atom stereocenters. The smallest absolute Gasteiger partial charge is 0.235 e. The van der Waals surface area contributed by atoms with E-state index in [1.807, 2.05) is 12.1 Å². The van der Waals surface area contributed by atoms with E-state index in [2.05, 4.69) is 27.0 Å². The molecule has 0 aliphatic heterocycles. The Morgan fingerprint density at radius 1 is 1.25 bits per heavy atom. The van der Waals surface area contributed by atoms with Crippen LogP contribution in [-0.4, -0.2) is 12.2 Å². The van der Waals surface area contributed by atoms with E-state index in [-0.39, 0.29) is 5.54 Å². The normalized spacial score (nSPS) is 21.1. The molecule has 4 heteroatoms. The first-order valence-electron chi connectivity index (χ1n) is 7.29. The summed E-state index contributed by atoms with van der Waals surface area (Å²) < 4.78 is 6.89. The average Bonchev–Trinajstić information content (AvgIpc) is 2.85. The van der Waals surface area contributed by atoms with Crippen LogP contribution in [0.3, 0.4) is 0 Å². The van der Waals surface area contributed by atoms with Crippen molar-refractivity contribution in [1.82, 2.24) is 0 Å². The van der Waals surface area contributed by atoms with E-state index >= 15 is 0 Å². The first-order chi connectivity index (χ1) is 9.73. The van der Waals surface area contributed by atoms with Crippen molar-refractivity contribution in [2.75, 3.05) is 0 Å². The van der Waals surface area contributed by atoms with Crippen molar-refractivity contribution in [3.8, 4) is 5.75 Å². The van der Waals surface area contributed by atoms with Gasteiger partial charge in [0.25, 0.3) is 0 Å². The third-order valence-corrected chi connectivity index (χ3v) is 5.13. The van der Waals surface area contributed by atoms with Crippen molar-refractivity contribution in [3.05, 3.63) is 28.2 Å². The quantitative estimate of drug-likeness (QED) is 0.600. The molecule has 3 rings (SSSR count). The minimum atomic E-state index is -0.362. The summed E-state index contributed by atoms with van der Waals surface area (Å²) in [6, 6.07) is 6.10. The van der Waals surface area contributed by atoms with Crippen LogP contribution in [-0.2, 0) is 10.3 Å². The molecule has 106 valence electrons. The number of isocyanates is 1. The van der Waals surface area contributed by atoms with Crippen molar-refractivity contribution in [3.63, 3.8) is 0 Å². The highest BCUT2D eigenvalue weighted by Crippen LogP contribution is 2.44. The molecule has 0 radical (unpaired) electrons. The maximum Gasteiger partial charge on any atom is 0.235 e. The van der Waals surface area contributed by atoms with E-state index in [1.165, 1.54) is 6.42 Å². The molecule has 1 aromatic rings. The number of halogens is 1. The predicted molar refractivity (Wildman–Crippen MR) is 80.7 cm³/mol. The van der Waals surface area contributed by atoms with Gasteiger partial charge >= 0.3 is 0 Å². The molecule has 0 N–H and O–H groups in total. The molecule has 0 spiro atoms. The van der Waals surface area contributed by atoms with Crippen LogP contribution in [0.25, 0.3) is 0 Å². The van der Waals surface area contributed by atoms with Gasteiger partial charge in [-0.15, -0.1) is 0 Å². The predicted octanol–water partition coefficient (Wildman–Crippen LogP) is 4.49. The van der Waals surface area contributed by atoms with Crippen molar-refractivity contribution < 1.29 is 9.53 Å². The molecule has 0 aromatic heterocycles. The van der Waals surface area contributed by atoms with Crippen molar-refractivity contribution >= 4 is 22.0 Å². The molecule has 0 saturated heterocycles. The van der Waals surface area contributed by atoms with E-state index in [0.29, 0.717) is 6.10 Å². The Hall–Kier alpha value is -1.12.